The Bertz CT molecular complexity index is 1670. The van der Waals surface area contributed by atoms with Gasteiger partial charge >= 0.3 is 0 Å². The van der Waals surface area contributed by atoms with Crippen molar-refractivity contribution < 1.29 is 13.2 Å². The molecule has 0 spiro atoms. The minimum atomic E-state index is -3.57. The van der Waals surface area contributed by atoms with Crippen LogP contribution in [-0.4, -0.2) is 47.1 Å². The lowest BCUT2D eigenvalue weighted by Gasteiger charge is -2.25. The predicted molar refractivity (Wildman–Crippen MR) is 153 cm³/mol. The van der Waals surface area contributed by atoms with E-state index in [2.05, 4.69) is 15.3 Å². The fourth-order valence-electron chi connectivity index (χ4n) is 4.30. The second-order valence-corrected chi connectivity index (χ2v) is 12.3. The van der Waals surface area contributed by atoms with E-state index in [4.69, 9.17) is 0 Å². The summed E-state index contributed by atoms with van der Waals surface area (Å²) in [5, 5.41) is 13.7. The monoisotopic (exact) mass is 559 g/mol. The number of carbonyl (C=O) groups is 1. The third-order valence-corrected chi connectivity index (χ3v) is 9.39. The maximum atomic E-state index is 13.4. The molecule has 1 aliphatic heterocycles. The third kappa shape index (κ3) is 5.98. The van der Waals surface area contributed by atoms with Crippen molar-refractivity contribution in [1.29, 1.82) is 0 Å². The van der Waals surface area contributed by atoms with Crippen LogP contribution in [0.3, 0.4) is 0 Å². The molecule has 3 aromatic carbocycles. The van der Waals surface area contributed by atoms with Gasteiger partial charge in [-0.2, -0.15) is 14.5 Å². The van der Waals surface area contributed by atoms with Crippen LogP contribution in [0.1, 0.15) is 52.7 Å². The smallest absolute Gasteiger partial charge is 0.243 e. The van der Waals surface area contributed by atoms with Crippen molar-refractivity contribution in [2.75, 3.05) is 13.1 Å². The van der Waals surface area contributed by atoms with E-state index in [9.17, 15) is 13.2 Å². The number of rotatable bonds is 7. The average molecular weight is 560 g/mol. The molecule has 1 aromatic heterocycles. The lowest BCUT2D eigenvalue weighted by molar-refractivity contribution is 0.103. The van der Waals surface area contributed by atoms with Crippen molar-refractivity contribution >= 4 is 32.9 Å². The van der Waals surface area contributed by atoms with Crippen LogP contribution >= 0.6 is 11.3 Å². The van der Waals surface area contributed by atoms with Crippen LogP contribution in [0.15, 0.2) is 94.0 Å². The number of benzene rings is 3. The summed E-state index contributed by atoms with van der Waals surface area (Å²) in [4.78, 5) is 14.0. The summed E-state index contributed by atoms with van der Waals surface area (Å²) in [5.74, 6) is -0.313. The van der Waals surface area contributed by atoms with E-state index in [-0.39, 0.29) is 15.7 Å². The lowest BCUT2D eigenvalue weighted by atomic mass is 10.1. The first kappa shape index (κ1) is 26.9. The summed E-state index contributed by atoms with van der Waals surface area (Å²) < 4.78 is 29.1. The molecule has 2 heterocycles. The molecule has 8 nitrogen and oxygen atoms in total. The largest absolute Gasteiger partial charge is 0.286 e. The van der Waals surface area contributed by atoms with E-state index in [1.807, 2.05) is 68.4 Å². The van der Waals surface area contributed by atoms with Gasteiger partial charge in [-0.3, -0.25) is 4.79 Å². The van der Waals surface area contributed by atoms with Gasteiger partial charge in [-0.1, -0.05) is 65.8 Å². The number of aryl methyl sites for hydroxylation is 1. The van der Waals surface area contributed by atoms with Gasteiger partial charge in [-0.15, -0.1) is 5.10 Å². The van der Waals surface area contributed by atoms with E-state index in [1.54, 1.807) is 16.8 Å². The molecular formula is C29H29N5O3S2. The predicted octanol–water partition coefficient (Wildman–Crippen LogP) is 4.97. The molecule has 5 rings (SSSR count). The molecule has 1 aliphatic rings. The van der Waals surface area contributed by atoms with Gasteiger partial charge in [0.05, 0.1) is 16.3 Å². The quantitative estimate of drug-likeness (QED) is 0.181. The highest BCUT2D eigenvalue weighted by Crippen LogP contribution is 2.22. The highest BCUT2D eigenvalue weighted by atomic mass is 32.2. The molecule has 0 bridgehead atoms. The molecule has 0 aliphatic carbocycles. The summed E-state index contributed by atoms with van der Waals surface area (Å²) in [6, 6.07) is 23.5. The van der Waals surface area contributed by atoms with Gasteiger partial charge in [0.2, 0.25) is 20.6 Å². The van der Waals surface area contributed by atoms with Crippen LogP contribution in [0.25, 0.3) is 5.69 Å². The van der Waals surface area contributed by atoms with Gasteiger partial charge < -0.3 is 0 Å². The Kier molecular flexibility index (Phi) is 7.97. The van der Waals surface area contributed by atoms with Crippen molar-refractivity contribution in [3.63, 3.8) is 0 Å². The Morgan fingerprint density at radius 1 is 0.872 bits per heavy atom. The Morgan fingerprint density at radius 3 is 2.18 bits per heavy atom. The van der Waals surface area contributed by atoms with Crippen molar-refractivity contribution in [2.45, 2.75) is 38.0 Å². The Balaban J connectivity index is 1.47. The number of ketones is 1. The Hall–Kier alpha value is -3.73. The van der Waals surface area contributed by atoms with E-state index in [1.165, 1.54) is 16.4 Å². The number of sulfonamides is 1. The van der Waals surface area contributed by atoms with Gasteiger partial charge in [-0.25, -0.2) is 13.1 Å². The molecular weight excluding hydrogens is 530 g/mol. The van der Waals surface area contributed by atoms with E-state index in [0.29, 0.717) is 23.5 Å². The molecule has 1 saturated heterocycles. The molecule has 0 radical (unpaired) electrons. The van der Waals surface area contributed by atoms with Crippen LogP contribution in [0, 0.1) is 6.92 Å². The molecule has 0 unspecified atom stereocenters. The fourth-order valence-corrected chi connectivity index (χ4v) is 6.64. The zero-order valence-electron chi connectivity index (χ0n) is 21.8. The number of hydrogen-bond donors (Lipinski definition) is 0. The molecule has 1 fully saturated rings. The van der Waals surface area contributed by atoms with Crippen LogP contribution in [-0.2, 0) is 10.0 Å². The molecule has 0 saturated carbocycles. The Morgan fingerprint density at radius 2 is 1.51 bits per heavy atom. The van der Waals surface area contributed by atoms with Crippen LogP contribution in [0.4, 0.5) is 0 Å². The normalized spacial score (nSPS) is 15.4. The molecule has 0 atom stereocenters. The second kappa shape index (κ2) is 11.6. The number of hydrogen-bond acceptors (Lipinski definition) is 7. The third-order valence-electron chi connectivity index (χ3n) is 6.58. The van der Waals surface area contributed by atoms with Gasteiger partial charge in [-0.05, 0) is 68.7 Å². The molecule has 10 heteroatoms. The number of nitrogens with zero attached hydrogens (tertiary/aromatic N) is 5. The number of para-hydroxylation sites is 1. The first-order valence-electron chi connectivity index (χ1n) is 12.8. The zero-order chi connectivity index (χ0) is 27.4. The topological polar surface area (TPSA) is 97.0 Å². The maximum Gasteiger partial charge on any atom is 0.243 e. The standard InChI is InChI=1S/C29H29N5O3S2/c1-21-11-13-23(14-12-21)22(2)30-31-29-34(25-9-5-3-6-10-25)32-28(38-29)27(35)24-15-17-26(18-16-24)39(36,37)33-19-7-4-8-20-33/h3,5-6,9-18H,4,7-8,19-20H2,1-2H3/b30-22+,31-29+. The van der Waals surface area contributed by atoms with Crippen molar-refractivity contribution in [1.82, 2.24) is 14.1 Å². The SMILES string of the molecule is C/C(=N\N=c1\sc(C(=O)c2ccc(S(=O)(=O)N3CCCCC3)cc2)nn1-c1ccccc1)c1ccc(C)cc1. The molecule has 0 N–H and O–H groups in total. The van der Waals surface area contributed by atoms with Crippen LogP contribution in [0.5, 0.6) is 0 Å². The minimum absolute atomic E-state index is 0.191. The van der Waals surface area contributed by atoms with E-state index < -0.39 is 10.0 Å². The molecule has 4 aromatic rings. The zero-order valence-corrected chi connectivity index (χ0v) is 23.5. The first-order chi connectivity index (χ1) is 18.8. The summed E-state index contributed by atoms with van der Waals surface area (Å²) in [5.41, 5.74) is 3.95. The summed E-state index contributed by atoms with van der Waals surface area (Å²) in [7, 11) is -3.57. The first-order valence-corrected chi connectivity index (χ1v) is 15.0. The number of aromatic nitrogens is 2. The maximum absolute atomic E-state index is 13.4. The number of piperidine rings is 1. The fraction of sp³-hybridized carbons (Fsp3) is 0.241. The van der Waals surface area contributed by atoms with E-state index in [0.717, 1.165) is 53.1 Å². The number of carbonyl (C=O) groups excluding carboxylic acids is 1. The molecule has 0 amide bonds. The summed E-state index contributed by atoms with van der Waals surface area (Å²) in [6.07, 6.45) is 2.77. The highest BCUT2D eigenvalue weighted by Gasteiger charge is 2.26. The van der Waals surface area contributed by atoms with Gasteiger partial charge in [0, 0.05) is 18.7 Å². The summed E-state index contributed by atoms with van der Waals surface area (Å²) in [6.45, 7) is 4.97. The molecule has 39 heavy (non-hydrogen) atoms. The van der Waals surface area contributed by atoms with Gasteiger partial charge in [0.1, 0.15) is 0 Å². The average Bonchev–Trinajstić information content (AvgIpc) is 3.41. The van der Waals surface area contributed by atoms with Crippen molar-refractivity contribution in [2.24, 2.45) is 10.2 Å². The van der Waals surface area contributed by atoms with Crippen molar-refractivity contribution in [3.05, 3.63) is 105 Å². The van der Waals surface area contributed by atoms with E-state index >= 15 is 0 Å². The van der Waals surface area contributed by atoms with Gasteiger partial charge in [0.25, 0.3) is 0 Å². The van der Waals surface area contributed by atoms with Crippen molar-refractivity contribution in [3.8, 4) is 5.69 Å². The van der Waals surface area contributed by atoms with Gasteiger partial charge in [0.15, 0.2) is 5.01 Å². The van der Waals surface area contributed by atoms with Crippen LogP contribution in [0.2, 0.25) is 0 Å². The lowest BCUT2D eigenvalue weighted by Crippen LogP contribution is -2.35. The Labute approximate surface area is 232 Å². The summed E-state index contributed by atoms with van der Waals surface area (Å²) >= 11 is 1.13. The molecule has 200 valence electrons. The second-order valence-electron chi connectivity index (χ2n) is 9.41. The highest BCUT2D eigenvalue weighted by molar-refractivity contribution is 7.89. The minimum Gasteiger partial charge on any atom is -0.286 e. The van der Waals surface area contributed by atoms with Crippen LogP contribution < -0.4 is 4.80 Å².